The number of hydrogen-bond acceptors (Lipinski definition) is 5. The molecular weight excluding hydrogens is 370 g/mol. The van der Waals surface area contributed by atoms with Crippen molar-refractivity contribution in [1.82, 2.24) is 24.6 Å². The molecule has 22 heavy (non-hydrogen) atoms. The summed E-state index contributed by atoms with van der Waals surface area (Å²) in [6.45, 7) is 0. The first-order valence-corrected chi connectivity index (χ1v) is 7.95. The van der Waals surface area contributed by atoms with Gasteiger partial charge in [-0.25, -0.2) is 19.5 Å². The number of fused-ring (bicyclic) bond motifs is 1. The van der Waals surface area contributed by atoms with Gasteiger partial charge in [-0.15, -0.1) is 0 Å². The Kier molecular flexibility index (Phi) is 3.27. The third-order valence-corrected chi connectivity index (χ3v) is 4.28. The van der Waals surface area contributed by atoms with Crippen LogP contribution in [0.25, 0.3) is 17.0 Å². The molecule has 4 rings (SSSR count). The highest BCUT2D eigenvalue weighted by molar-refractivity contribution is 9.10. The van der Waals surface area contributed by atoms with E-state index in [1.807, 2.05) is 6.07 Å². The number of methoxy groups -OCH3 is 1. The minimum atomic E-state index is 0.454. The fraction of sp³-hybridized carbons (Fsp3) is 0.286. The summed E-state index contributed by atoms with van der Waals surface area (Å²) in [6.07, 6.45) is 5.54. The molecule has 0 saturated heterocycles. The average molecular weight is 381 g/mol. The van der Waals surface area contributed by atoms with Crippen LogP contribution in [0.15, 0.2) is 23.2 Å². The van der Waals surface area contributed by atoms with Crippen molar-refractivity contribution < 1.29 is 4.74 Å². The van der Waals surface area contributed by atoms with Gasteiger partial charge in [0.1, 0.15) is 22.8 Å². The lowest BCUT2D eigenvalue weighted by molar-refractivity contribution is 0.405. The molecule has 1 aliphatic rings. The SMILES string of the molecule is COc1cc2ncc(-c3nc(Br)ncc3Cl)n2nc1C1CC1. The smallest absolute Gasteiger partial charge is 0.197 e. The number of imidazole rings is 1. The number of halogens is 2. The van der Waals surface area contributed by atoms with Crippen LogP contribution in [0.5, 0.6) is 5.75 Å². The van der Waals surface area contributed by atoms with Crippen LogP contribution in [-0.4, -0.2) is 31.7 Å². The zero-order valence-electron chi connectivity index (χ0n) is 11.6. The monoisotopic (exact) mass is 379 g/mol. The zero-order chi connectivity index (χ0) is 15.3. The molecule has 0 radical (unpaired) electrons. The largest absolute Gasteiger partial charge is 0.495 e. The van der Waals surface area contributed by atoms with Gasteiger partial charge in [0.2, 0.25) is 0 Å². The van der Waals surface area contributed by atoms with Gasteiger partial charge in [-0.2, -0.15) is 5.10 Å². The molecule has 0 aliphatic heterocycles. The molecular formula is C14H11BrClN5O. The summed E-state index contributed by atoms with van der Waals surface area (Å²) in [6, 6.07) is 1.90. The number of rotatable bonds is 3. The highest BCUT2D eigenvalue weighted by atomic mass is 79.9. The Bertz CT molecular complexity index is 877. The normalized spacial score (nSPS) is 14.5. The van der Waals surface area contributed by atoms with E-state index in [0.717, 1.165) is 30.0 Å². The van der Waals surface area contributed by atoms with Gasteiger partial charge < -0.3 is 4.74 Å². The predicted octanol–water partition coefficient (Wildman–Crippen LogP) is 3.49. The average Bonchev–Trinajstić information content (AvgIpc) is 3.29. The van der Waals surface area contributed by atoms with Gasteiger partial charge in [-0.05, 0) is 28.8 Å². The Balaban J connectivity index is 1.95. The minimum Gasteiger partial charge on any atom is -0.495 e. The first kappa shape index (κ1) is 13.9. The van der Waals surface area contributed by atoms with E-state index in [0.29, 0.717) is 27.0 Å². The lowest BCUT2D eigenvalue weighted by Gasteiger charge is -2.09. The van der Waals surface area contributed by atoms with Gasteiger partial charge in [0.25, 0.3) is 0 Å². The van der Waals surface area contributed by atoms with Crippen LogP contribution < -0.4 is 4.74 Å². The quantitative estimate of drug-likeness (QED) is 0.651. The molecule has 3 aromatic rings. The van der Waals surface area contributed by atoms with Crippen LogP contribution in [0.1, 0.15) is 24.5 Å². The summed E-state index contributed by atoms with van der Waals surface area (Å²) in [7, 11) is 1.65. The molecule has 1 fully saturated rings. The summed E-state index contributed by atoms with van der Waals surface area (Å²) in [5.41, 5.74) is 2.98. The molecule has 8 heteroatoms. The standard InChI is InChI=1S/C14H11BrClN5O/c1-22-10-4-11-17-6-9(13-8(16)5-18-14(15)19-13)21(11)20-12(10)7-2-3-7/h4-7H,2-3H2,1H3. The van der Waals surface area contributed by atoms with Gasteiger partial charge in [-0.1, -0.05) is 11.6 Å². The van der Waals surface area contributed by atoms with Crippen molar-refractivity contribution in [3.63, 3.8) is 0 Å². The van der Waals surface area contributed by atoms with Crippen molar-refractivity contribution in [2.75, 3.05) is 7.11 Å². The maximum absolute atomic E-state index is 6.22. The maximum atomic E-state index is 6.22. The summed E-state index contributed by atoms with van der Waals surface area (Å²) in [5.74, 6) is 1.24. The predicted molar refractivity (Wildman–Crippen MR) is 85.3 cm³/mol. The highest BCUT2D eigenvalue weighted by Crippen LogP contribution is 2.43. The molecule has 6 nitrogen and oxygen atoms in total. The molecule has 0 N–H and O–H groups in total. The topological polar surface area (TPSA) is 65.2 Å². The Labute approximate surface area is 139 Å². The zero-order valence-corrected chi connectivity index (χ0v) is 14.0. The maximum Gasteiger partial charge on any atom is 0.197 e. The van der Waals surface area contributed by atoms with Crippen LogP contribution in [0, 0.1) is 0 Å². The van der Waals surface area contributed by atoms with Crippen LogP contribution in [0.3, 0.4) is 0 Å². The van der Waals surface area contributed by atoms with Gasteiger partial charge in [0.05, 0.1) is 24.5 Å². The van der Waals surface area contributed by atoms with E-state index in [1.54, 1.807) is 24.0 Å². The van der Waals surface area contributed by atoms with E-state index in [4.69, 9.17) is 21.4 Å². The molecule has 0 aromatic carbocycles. The fourth-order valence-corrected chi connectivity index (χ4v) is 2.87. The van der Waals surface area contributed by atoms with E-state index in [9.17, 15) is 0 Å². The number of hydrogen-bond donors (Lipinski definition) is 0. The summed E-state index contributed by atoms with van der Waals surface area (Å²) >= 11 is 9.49. The minimum absolute atomic E-state index is 0.454. The Hall–Kier alpha value is -1.73. The number of aromatic nitrogens is 5. The fourth-order valence-electron chi connectivity index (χ4n) is 2.40. The van der Waals surface area contributed by atoms with Crippen molar-refractivity contribution in [3.8, 4) is 17.1 Å². The Morgan fingerprint density at radius 2 is 2.14 bits per heavy atom. The summed E-state index contributed by atoms with van der Waals surface area (Å²) in [4.78, 5) is 12.7. The van der Waals surface area contributed by atoms with Crippen molar-refractivity contribution >= 4 is 33.2 Å². The van der Waals surface area contributed by atoms with Gasteiger partial charge in [0, 0.05) is 12.0 Å². The van der Waals surface area contributed by atoms with Gasteiger partial charge in [0.15, 0.2) is 10.4 Å². The van der Waals surface area contributed by atoms with Crippen molar-refractivity contribution in [2.45, 2.75) is 18.8 Å². The van der Waals surface area contributed by atoms with E-state index >= 15 is 0 Å². The molecule has 0 atom stereocenters. The van der Waals surface area contributed by atoms with E-state index in [-0.39, 0.29) is 0 Å². The second kappa shape index (κ2) is 5.17. The van der Waals surface area contributed by atoms with Crippen LogP contribution in [-0.2, 0) is 0 Å². The lowest BCUT2D eigenvalue weighted by atomic mass is 10.2. The van der Waals surface area contributed by atoms with Crippen molar-refractivity contribution in [1.29, 1.82) is 0 Å². The van der Waals surface area contributed by atoms with Gasteiger partial charge in [-0.3, -0.25) is 0 Å². The van der Waals surface area contributed by atoms with Crippen LogP contribution in [0.2, 0.25) is 5.02 Å². The van der Waals surface area contributed by atoms with E-state index in [2.05, 4.69) is 30.9 Å². The molecule has 112 valence electrons. The number of ether oxygens (including phenoxy) is 1. The van der Waals surface area contributed by atoms with Gasteiger partial charge >= 0.3 is 0 Å². The molecule has 1 saturated carbocycles. The first-order valence-electron chi connectivity index (χ1n) is 6.78. The highest BCUT2D eigenvalue weighted by Gasteiger charge is 2.30. The number of nitrogens with zero attached hydrogens (tertiary/aromatic N) is 5. The summed E-state index contributed by atoms with van der Waals surface area (Å²) < 4.78 is 7.67. The molecule has 0 spiro atoms. The van der Waals surface area contributed by atoms with Crippen LogP contribution in [0.4, 0.5) is 0 Å². The Morgan fingerprint density at radius 3 is 2.86 bits per heavy atom. The molecule has 1 aliphatic carbocycles. The molecule has 0 unspecified atom stereocenters. The lowest BCUT2D eigenvalue weighted by Crippen LogP contribution is -2.03. The van der Waals surface area contributed by atoms with Crippen molar-refractivity contribution in [3.05, 3.63) is 33.9 Å². The molecule has 3 aromatic heterocycles. The second-order valence-corrected chi connectivity index (χ2v) is 6.24. The van der Waals surface area contributed by atoms with Crippen molar-refractivity contribution in [2.24, 2.45) is 0 Å². The third kappa shape index (κ3) is 2.24. The third-order valence-electron chi connectivity index (χ3n) is 3.63. The van der Waals surface area contributed by atoms with Crippen LogP contribution >= 0.6 is 27.5 Å². The Morgan fingerprint density at radius 1 is 1.32 bits per heavy atom. The second-order valence-electron chi connectivity index (χ2n) is 5.12. The molecule has 0 bridgehead atoms. The first-order chi connectivity index (χ1) is 10.7. The van der Waals surface area contributed by atoms with E-state index < -0.39 is 0 Å². The van der Waals surface area contributed by atoms with E-state index in [1.165, 1.54) is 0 Å². The summed E-state index contributed by atoms with van der Waals surface area (Å²) in [5, 5.41) is 5.16. The molecule has 3 heterocycles. The molecule has 0 amide bonds.